The summed E-state index contributed by atoms with van der Waals surface area (Å²) in [4.78, 5) is 27.5. The molecule has 1 fully saturated rings. The molecule has 1 aliphatic rings. The van der Waals surface area contributed by atoms with Crippen LogP contribution < -0.4 is 5.32 Å². The van der Waals surface area contributed by atoms with Crippen LogP contribution in [0.3, 0.4) is 0 Å². The summed E-state index contributed by atoms with van der Waals surface area (Å²) < 4.78 is 2.05. The Labute approximate surface area is 173 Å². The Morgan fingerprint density at radius 1 is 1.18 bits per heavy atom. The maximum Gasteiger partial charge on any atom is 0.292 e. The average Bonchev–Trinajstić information content (AvgIpc) is 3.08. The molecule has 6 heteroatoms. The number of hydrogen-bond acceptors (Lipinski definition) is 3. The van der Waals surface area contributed by atoms with E-state index in [9.17, 15) is 9.59 Å². The first kappa shape index (κ1) is 22.4. The van der Waals surface area contributed by atoms with Gasteiger partial charge in [0, 0.05) is 36.2 Å². The lowest BCUT2D eigenvalue weighted by molar-refractivity contribution is -0.117. The van der Waals surface area contributed by atoms with Gasteiger partial charge in [-0.3, -0.25) is 9.59 Å². The maximum absolute atomic E-state index is 12.7. The Hall–Kier alpha value is -1.85. The summed E-state index contributed by atoms with van der Waals surface area (Å²) in [6.45, 7) is 9.90. The van der Waals surface area contributed by atoms with Gasteiger partial charge in [-0.2, -0.15) is 0 Å². The first-order valence-electron chi connectivity index (χ1n) is 10.2. The molecule has 2 heterocycles. The van der Waals surface area contributed by atoms with Gasteiger partial charge in [-0.05, 0) is 51.8 Å². The van der Waals surface area contributed by atoms with Crippen molar-refractivity contribution in [2.24, 2.45) is 5.92 Å². The maximum atomic E-state index is 12.7. The number of aromatic nitrogens is 1. The number of amides is 1. The molecule has 0 spiro atoms. The molecule has 0 radical (unpaired) electrons. The summed E-state index contributed by atoms with van der Waals surface area (Å²) in [7, 11) is 0. The van der Waals surface area contributed by atoms with E-state index in [0.29, 0.717) is 12.1 Å². The minimum atomic E-state index is -0.509. The normalized spacial score (nSPS) is 15.6. The number of carbonyl (C=O) groups is 2. The third-order valence-corrected chi connectivity index (χ3v) is 5.75. The molecule has 0 bridgehead atoms. The molecule has 1 N–H and O–H groups in total. The Morgan fingerprint density at radius 2 is 1.86 bits per heavy atom. The van der Waals surface area contributed by atoms with E-state index in [-0.39, 0.29) is 18.4 Å². The van der Waals surface area contributed by atoms with Gasteiger partial charge in [0.2, 0.25) is 0 Å². The number of para-hydroxylation sites is 1. The lowest BCUT2D eigenvalue weighted by Crippen LogP contribution is -2.41. The van der Waals surface area contributed by atoms with Gasteiger partial charge >= 0.3 is 0 Å². The zero-order valence-corrected chi connectivity index (χ0v) is 17.9. The molecule has 0 saturated carbocycles. The molecule has 1 saturated heterocycles. The van der Waals surface area contributed by atoms with Gasteiger partial charge in [-0.15, -0.1) is 12.4 Å². The van der Waals surface area contributed by atoms with Gasteiger partial charge in [0.1, 0.15) is 0 Å². The van der Waals surface area contributed by atoms with Crippen LogP contribution in [-0.4, -0.2) is 47.3 Å². The fourth-order valence-electron chi connectivity index (χ4n) is 3.96. The summed E-state index contributed by atoms with van der Waals surface area (Å²) in [6.07, 6.45) is 5.53. The van der Waals surface area contributed by atoms with Crippen molar-refractivity contribution in [3.63, 3.8) is 0 Å². The molecule has 28 heavy (non-hydrogen) atoms. The van der Waals surface area contributed by atoms with E-state index in [1.807, 2.05) is 35.0 Å². The predicted molar refractivity (Wildman–Crippen MR) is 116 cm³/mol. The van der Waals surface area contributed by atoms with Crippen LogP contribution in [0.5, 0.6) is 0 Å². The SMILES string of the molecule is CCC1CCN(CCNC(=O)C(=O)c2cn(C(C)C)c3ccccc23)CC1.Cl. The third kappa shape index (κ3) is 4.95. The third-order valence-electron chi connectivity index (χ3n) is 5.75. The predicted octanol–water partition coefficient (Wildman–Crippen LogP) is 4.06. The van der Waals surface area contributed by atoms with Crippen molar-refractivity contribution in [3.05, 3.63) is 36.0 Å². The Kier molecular flexibility index (Phi) is 8.08. The van der Waals surface area contributed by atoms with Crippen LogP contribution in [0.4, 0.5) is 0 Å². The number of ketones is 1. The quantitative estimate of drug-likeness (QED) is 0.558. The Morgan fingerprint density at radius 3 is 2.50 bits per heavy atom. The number of piperidine rings is 1. The molecule has 154 valence electrons. The molecule has 1 amide bonds. The Balaban J connectivity index is 0.00000280. The van der Waals surface area contributed by atoms with E-state index >= 15 is 0 Å². The van der Waals surface area contributed by atoms with Crippen molar-refractivity contribution in [2.75, 3.05) is 26.2 Å². The standard InChI is InChI=1S/C22H31N3O2.ClH/c1-4-17-9-12-24(13-10-17)14-11-23-22(27)21(26)19-15-25(16(2)3)20-8-6-5-7-18(19)20;/h5-8,15-17H,4,9-14H2,1-3H3,(H,23,27);1H. The highest BCUT2D eigenvalue weighted by atomic mass is 35.5. The van der Waals surface area contributed by atoms with Crippen molar-refractivity contribution >= 4 is 35.0 Å². The second-order valence-corrected chi connectivity index (χ2v) is 7.84. The molecular formula is C22H32ClN3O2. The molecule has 0 aliphatic carbocycles. The van der Waals surface area contributed by atoms with Gasteiger partial charge in [0.25, 0.3) is 11.7 Å². The van der Waals surface area contributed by atoms with Crippen LogP contribution in [0.2, 0.25) is 0 Å². The van der Waals surface area contributed by atoms with E-state index in [2.05, 4.69) is 31.0 Å². The highest BCUT2D eigenvalue weighted by Crippen LogP contribution is 2.25. The number of halogens is 1. The summed E-state index contributed by atoms with van der Waals surface area (Å²) in [5.74, 6) is -0.115. The van der Waals surface area contributed by atoms with Crippen LogP contribution in [0.25, 0.3) is 10.9 Å². The summed E-state index contributed by atoms with van der Waals surface area (Å²) >= 11 is 0. The minimum absolute atomic E-state index is 0. The molecule has 1 aliphatic heterocycles. The minimum Gasteiger partial charge on any atom is -0.348 e. The molecule has 0 atom stereocenters. The van der Waals surface area contributed by atoms with Crippen molar-refractivity contribution < 1.29 is 9.59 Å². The van der Waals surface area contributed by atoms with Crippen molar-refractivity contribution in [1.29, 1.82) is 0 Å². The number of likely N-dealkylation sites (tertiary alicyclic amines) is 1. The van der Waals surface area contributed by atoms with E-state index < -0.39 is 11.7 Å². The van der Waals surface area contributed by atoms with Crippen LogP contribution >= 0.6 is 12.4 Å². The molecule has 5 nitrogen and oxygen atoms in total. The molecule has 1 aromatic carbocycles. The zero-order valence-electron chi connectivity index (χ0n) is 17.1. The van der Waals surface area contributed by atoms with Crippen LogP contribution in [-0.2, 0) is 4.79 Å². The second kappa shape index (κ2) is 10.1. The van der Waals surface area contributed by atoms with Gasteiger partial charge in [0.05, 0.1) is 5.56 Å². The summed E-state index contributed by atoms with van der Waals surface area (Å²) in [5.41, 5.74) is 1.48. The lowest BCUT2D eigenvalue weighted by atomic mass is 9.94. The molecular weight excluding hydrogens is 374 g/mol. The average molecular weight is 406 g/mol. The fourth-order valence-corrected chi connectivity index (χ4v) is 3.96. The lowest BCUT2D eigenvalue weighted by Gasteiger charge is -2.31. The van der Waals surface area contributed by atoms with Crippen LogP contribution in [0, 0.1) is 5.92 Å². The van der Waals surface area contributed by atoms with Crippen molar-refractivity contribution in [2.45, 2.75) is 46.1 Å². The van der Waals surface area contributed by atoms with Crippen molar-refractivity contribution in [3.8, 4) is 0 Å². The first-order chi connectivity index (χ1) is 13.0. The van der Waals surface area contributed by atoms with Gasteiger partial charge in [0.15, 0.2) is 0 Å². The monoisotopic (exact) mass is 405 g/mol. The zero-order chi connectivity index (χ0) is 19.4. The number of nitrogens with one attached hydrogen (secondary N) is 1. The van der Waals surface area contributed by atoms with E-state index in [1.54, 1.807) is 0 Å². The number of carbonyl (C=O) groups excluding carboxylic acids is 2. The number of hydrogen-bond donors (Lipinski definition) is 1. The summed E-state index contributed by atoms with van der Waals surface area (Å²) in [5, 5.41) is 3.66. The van der Waals surface area contributed by atoms with E-state index in [4.69, 9.17) is 0 Å². The molecule has 0 unspecified atom stereocenters. The molecule has 3 rings (SSSR count). The fraction of sp³-hybridized carbons (Fsp3) is 0.545. The number of fused-ring (bicyclic) bond motifs is 1. The van der Waals surface area contributed by atoms with Gasteiger partial charge in [-0.25, -0.2) is 0 Å². The van der Waals surface area contributed by atoms with Crippen LogP contribution in [0.1, 0.15) is 56.4 Å². The van der Waals surface area contributed by atoms with E-state index in [1.165, 1.54) is 19.3 Å². The summed E-state index contributed by atoms with van der Waals surface area (Å²) in [6, 6.07) is 7.99. The number of benzene rings is 1. The first-order valence-corrected chi connectivity index (χ1v) is 10.2. The highest BCUT2D eigenvalue weighted by molar-refractivity contribution is 6.45. The number of nitrogens with zero attached hydrogens (tertiary/aromatic N) is 2. The van der Waals surface area contributed by atoms with Gasteiger partial charge < -0.3 is 14.8 Å². The second-order valence-electron chi connectivity index (χ2n) is 7.84. The largest absolute Gasteiger partial charge is 0.348 e. The highest BCUT2D eigenvalue weighted by Gasteiger charge is 2.22. The van der Waals surface area contributed by atoms with E-state index in [0.717, 1.165) is 36.5 Å². The molecule has 1 aromatic heterocycles. The Bertz CT molecular complexity index is 807. The molecule has 2 aromatic rings. The van der Waals surface area contributed by atoms with Gasteiger partial charge in [-0.1, -0.05) is 31.5 Å². The van der Waals surface area contributed by atoms with Crippen LogP contribution in [0.15, 0.2) is 30.5 Å². The number of rotatable bonds is 7. The smallest absolute Gasteiger partial charge is 0.292 e. The number of Topliss-reactive ketones (excluding diaryl/α,β-unsaturated/α-hetero) is 1. The topological polar surface area (TPSA) is 54.3 Å². The van der Waals surface area contributed by atoms with Crippen molar-refractivity contribution in [1.82, 2.24) is 14.8 Å².